The molecule has 0 unspecified atom stereocenters. The van der Waals surface area contributed by atoms with Gasteiger partial charge >= 0.3 is 5.97 Å². The summed E-state index contributed by atoms with van der Waals surface area (Å²) in [5.41, 5.74) is 0. The molecule has 19 heavy (non-hydrogen) atoms. The van der Waals surface area contributed by atoms with Crippen LogP contribution >= 0.6 is 11.3 Å². The standard InChI is InChI=1S/C13H17NO4S/c15-12(16)8-9(11-5-3-7-19-11)14-13(17)10-4-1-2-6-18-10/h3,5,7,9-10H,1-2,4,6,8H2,(H,14,17)(H,15,16)/t9-,10-/m0/s1. The van der Waals surface area contributed by atoms with Crippen LogP contribution in [0.5, 0.6) is 0 Å². The third kappa shape index (κ3) is 4.04. The van der Waals surface area contributed by atoms with Crippen molar-refractivity contribution in [1.29, 1.82) is 0 Å². The normalized spacial score (nSPS) is 20.7. The minimum Gasteiger partial charge on any atom is -0.481 e. The minimum absolute atomic E-state index is 0.112. The molecule has 1 aromatic rings. The van der Waals surface area contributed by atoms with Crippen molar-refractivity contribution < 1.29 is 19.4 Å². The average Bonchev–Trinajstić information content (AvgIpc) is 2.92. The molecule has 1 fully saturated rings. The summed E-state index contributed by atoms with van der Waals surface area (Å²) >= 11 is 1.44. The molecule has 1 aromatic heterocycles. The van der Waals surface area contributed by atoms with Crippen LogP contribution in [0.25, 0.3) is 0 Å². The number of amides is 1. The Labute approximate surface area is 115 Å². The molecular formula is C13H17NO4S. The first kappa shape index (κ1) is 14.0. The molecule has 104 valence electrons. The van der Waals surface area contributed by atoms with Crippen LogP contribution in [0.1, 0.15) is 36.6 Å². The summed E-state index contributed by atoms with van der Waals surface area (Å²) in [4.78, 5) is 23.8. The Balaban J connectivity index is 1.99. The predicted molar refractivity (Wildman–Crippen MR) is 71.0 cm³/mol. The average molecular weight is 283 g/mol. The fraction of sp³-hybridized carbons (Fsp3) is 0.538. The number of thiophene rings is 1. The fourth-order valence-corrected chi connectivity index (χ4v) is 2.88. The third-order valence-corrected chi connectivity index (χ3v) is 4.04. The lowest BCUT2D eigenvalue weighted by Gasteiger charge is -2.24. The quantitative estimate of drug-likeness (QED) is 0.866. The number of carbonyl (C=O) groups excluding carboxylic acids is 1. The Morgan fingerprint density at radius 3 is 2.95 bits per heavy atom. The summed E-state index contributed by atoms with van der Waals surface area (Å²) in [6, 6.07) is 3.20. The first-order valence-corrected chi connectivity index (χ1v) is 7.22. The van der Waals surface area contributed by atoms with Gasteiger partial charge in [-0.3, -0.25) is 9.59 Å². The number of hydrogen-bond donors (Lipinski definition) is 2. The van der Waals surface area contributed by atoms with Gasteiger partial charge in [0.2, 0.25) is 5.91 Å². The maximum absolute atomic E-state index is 12.1. The number of ether oxygens (including phenoxy) is 1. The smallest absolute Gasteiger partial charge is 0.305 e. The van der Waals surface area contributed by atoms with Crippen LogP contribution in [0.4, 0.5) is 0 Å². The molecule has 0 bridgehead atoms. The lowest BCUT2D eigenvalue weighted by atomic mass is 10.1. The molecule has 0 radical (unpaired) electrons. The Morgan fingerprint density at radius 2 is 2.37 bits per heavy atom. The lowest BCUT2D eigenvalue weighted by Crippen LogP contribution is -2.40. The molecule has 5 nitrogen and oxygen atoms in total. The molecule has 1 aliphatic heterocycles. The first-order valence-electron chi connectivity index (χ1n) is 6.34. The molecule has 1 aliphatic rings. The van der Waals surface area contributed by atoms with Gasteiger partial charge in [0.1, 0.15) is 6.10 Å². The molecule has 1 amide bonds. The van der Waals surface area contributed by atoms with Gasteiger partial charge in [0.15, 0.2) is 0 Å². The summed E-state index contributed by atoms with van der Waals surface area (Å²) in [5.74, 6) is -1.14. The Hall–Kier alpha value is -1.40. The second-order valence-electron chi connectivity index (χ2n) is 4.53. The van der Waals surface area contributed by atoms with Gasteiger partial charge < -0.3 is 15.2 Å². The van der Waals surface area contributed by atoms with Crippen molar-refractivity contribution in [2.45, 2.75) is 37.8 Å². The zero-order valence-corrected chi connectivity index (χ0v) is 11.3. The van der Waals surface area contributed by atoms with E-state index in [1.807, 2.05) is 17.5 Å². The first-order chi connectivity index (χ1) is 9.16. The summed E-state index contributed by atoms with van der Waals surface area (Å²) in [7, 11) is 0. The van der Waals surface area contributed by atoms with Gasteiger partial charge in [0.05, 0.1) is 12.5 Å². The Bertz CT molecular complexity index is 426. The number of hydrogen-bond acceptors (Lipinski definition) is 4. The largest absolute Gasteiger partial charge is 0.481 e. The van der Waals surface area contributed by atoms with E-state index in [9.17, 15) is 9.59 Å². The highest BCUT2D eigenvalue weighted by molar-refractivity contribution is 7.10. The van der Waals surface area contributed by atoms with E-state index in [1.165, 1.54) is 11.3 Å². The number of rotatable bonds is 5. The van der Waals surface area contributed by atoms with E-state index >= 15 is 0 Å². The van der Waals surface area contributed by atoms with Gasteiger partial charge in [-0.25, -0.2) is 0 Å². The molecule has 2 heterocycles. The van der Waals surface area contributed by atoms with E-state index in [4.69, 9.17) is 9.84 Å². The van der Waals surface area contributed by atoms with Gasteiger partial charge in [-0.05, 0) is 30.7 Å². The Morgan fingerprint density at radius 1 is 1.53 bits per heavy atom. The molecule has 2 atom stereocenters. The van der Waals surface area contributed by atoms with Crippen LogP contribution in [-0.4, -0.2) is 29.7 Å². The van der Waals surface area contributed by atoms with Crippen molar-refractivity contribution in [2.24, 2.45) is 0 Å². The topological polar surface area (TPSA) is 75.6 Å². The van der Waals surface area contributed by atoms with E-state index in [0.29, 0.717) is 13.0 Å². The van der Waals surface area contributed by atoms with Crippen molar-refractivity contribution in [1.82, 2.24) is 5.32 Å². The van der Waals surface area contributed by atoms with E-state index in [0.717, 1.165) is 17.7 Å². The van der Waals surface area contributed by atoms with Crippen LogP contribution < -0.4 is 5.32 Å². The van der Waals surface area contributed by atoms with Gasteiger partial charge in [0, 0.05) is 11.5 Å². The minimum atomic E-state index is -0.928. The van der Waals surface area contributed by atoms with Gasteiger partial charge in [0.25, 0.3) is 0 Å². The number of carboxylic acids is 1. The molecular weight excluding hydrogens is 266 g/mol. The molecule has 1 saturated heterocycles. The Kier molecular flexibility index (Phi) is 4.93. The zero-order chi connectivity index (χ0) is 13.7. The van der Waals surface area contributed by atoms with Crippen LogP contribution in [0, 0.1) is 0 Å². The highest BCUT2D eigenvalue weighted by Gasteiger charge is 2.26. The highest BCUT2D eigenvalue weighted by Crippen LogP contribution is 2.23. The SMILES string of the molecule is O=C(O)C[C@H](NC(=O)[C@@H]1CCCCO1)c1cccs1. The van der Waals surface area contributed by atoms with Crippen molar-refractivity contribution >= 4 is 23.2 Å². The summed E-state index contributed by atoms with van der Waals surface area (Å²) in [6.45, 7) is 0.598. The molecule has 0 spiro atoms. The zero-order valence-electron chi connectivity index (χ0n) is 10.5. The number of carbonyl (C=O) groups is 2. The van der Waals surface area contributed by atoms with Crippen LogP contribution in [-0.2, 0) is 14.3 Å². The maximum atomic E-state index is 12.1. The highest BCUT2D eigenvalue weighted by atomic mass is 32.1. The lowest BCUT2D eigenvalue weighted by molar-refractivity contribution is -0.139. The van der Waals surface area contributed by atoms with Crippen molar-refractivity contribution in [2.75, 3.05) is 6.61 Å². The van der Waals surface area contributed by atoms with E-state index in [2.05, 4.69) is 5.32 Å². The molecule has 0 aliphatic carbocycles. The monoisotopic (exact) mass is 283 g/mol. The van der Waals surface area contributed by atoms with Crippen LogP contribution in [0.15, 0.2) is 17.5 Å². The summed E-state index contributed by atoms with van der Waals surface area (Å²) < 4.78 is 5.41. The van der Waals surface area contributed by atoms with Gasteiger partial charge in [-0.2, -0.15) is 0 Å². The number of aliphatic carboxylic acids is 1. The maximum Gasteiger partial charge on any atom is 0.305 e. The predicted octanol–water partition coefficient (Wildman–Crippen LogP) is 1.95. The molecule has 2 N–H and O–H groups in total. The molecule has 0 saturated carbocycles. The molecule has 6 heteroatoms. The number of nitrogens with one attached hydrogen (secondary N) is 1. The van der Waals surface area contributed by atoms with E-state index in [1.54, 1.807) is 0 Å². The van der Waals surface area contributed by atoms with Crippen molar-refractivity contribution in [3.63, 3.8) is 0 Å². The van der Waals surface area contributed by atoms with Gasteiger partial charge in [-0.15, -0.1) is 11.3 Å². The van der Waals surface area contributed by atoms with Crippen molar-refractivity contribution in [3.05, 3.63) is 22.4 Å². The van der Waals surface area contributed by atoms with Crippen molar-refractivity contribution in [3.8, 4) is 0 Å². The van der Waals surface area contributed by atoms with Crippen LogP contribution in [0.3, 0.4) is 0 Å². The number of carboxylic acid groups (broad SMARTS) is 1. The summed E-state index contributed by atoms with van der Waals surface area (Å²) in [6.07, 6.45) is 2.10. The van der Waals surface area contributed by atoms with E-state index < -0.39 is 18.1 Å². The summed E-state index contributed by atoms with van der Waals surface area (Å²) in [5, 5.41) is 13.6. The van der Waals surface area contributed by atoms with Crippen LogP contribution in [0.2, 0.25) is 0 Å². The fourth-order valence-electron chi connectivity index (χ4n) is 2.10. The third-order valence-electron chi connectivity index (χ3n) is 3.05. The second kappa shape index (κ2) is 6.68. The van der Waals surface area contributed by atoms with E-state index in [-0.39, 0.29) is 12.3 Å². The molecule has 0 aromatic carbocycles. The van der Waals surface area contributed by atoms with Gasteiger partial charge in [-0.1, -0.05) is 6.07 Å². The molecule has 2 rings (SSSR count). The second-order valence-corrected chi connectivity index (χ2v) is 5.51.